The molecule has 0 amide bonds. The Balaban J connectivity index is 0.000000189. The summed E-state index contributed by atoms with van der Waals surface area (Å²) in [6.45, 7) is 7.14. The van der Waals surface area contributed by atoms with Crippen LogP contribution in [0.25, 0.3) is 0 Å². The summed E-state index contributed by atoms with van der Waals surface area (Å²) < 4.78 is 11.9. The van der Waals surface area contributed by atoms with Gasteiger partial charge in [0.15, 0.2) is 0 Å². The van der Waals surface area contributed by atoms with Gasteiger partial charge in [-0.1, -0.05) is 57.2 Å². The van der Waals surface area contributed by atoms with E-state index >= 15 is 0 Å². The molecule has 2 aliphatic rings. The SMILES string of the molecule is CC.CNC.CNC[C@H]1c2ncccc2Oc2ccccc2[C@H]1C.c1ccc2c(c1)CCc1ncccc1O2. The average molecular weight is 527 g/mol. The first-order valence-electron chi connectivity index (χ1n) is 13.8. The molecule has 4 heterocycles. The van der Waals surface area contributed by atoms with E-state index in [1.165, 1.54) is 11.1 Å². The largest absolute Gasteiger partial charge is 0.455 e. The first kappa shape index (κ1) is 29.8. The summed E-state index contributed by atoms with van der Waals surface area (Å²) in [5, 5.41) is 6.02. The zero-order valence-corrected chi connectivity index (χ0v) is 24.1. The second-order valence-corrected chi connectivity index (χ2v) is 9.14. The molecule has 206 valence electrons. The number of para-hydroxylation sites is 2. The zero-order valence-electron chi connectivity index (χ0n) is 24.1. The van der Waals surface area contributed by atoms with E-state index in [2.05, 4.69) is 45.7 Å². The third-order valence-electron chi connectivity index (χ3n) is 6.48. The van der Waals surface area contributed by atoms with Crippen LogP contribution < -0.4 is 20.1 Å². The number of nitrogens with one attached hydrogen (secondary N) is 2. The minimum Gasteiger partial charge on any atom is -0.455 e. The van der Waals surface area contributed by atoms with Crippen molar-refractivity contribution in [1.29, 1.82) is 0 Å². The van der Waals surface area contributed by atoms with Gasteiger partial charge in [0.05, 0.1) is 11.4 Å². The van der Waals surface area contributed by atoms with Crippen LogP contribution in [0, 0.1) is 0 Å². The fourth-order valence-electron chi connectivity index (χ4n) is 4.67. The molecule has 0 radical (unpaired) electrons. The normalized spacial score (nSPS) is 15.9. The number of hydrogen-bond donors (Lipinski definition) is 2. The maximum Gasteiger partial charge on any atom is 0.149 e. The highest BCUT2D eigenvalue weighted by Gasteiger charge is 2.30. The van der Waals surface area contributed by atoms with Gasteiger partial charge in [-0.25, -0.2) is 0 Å². The summed E-state index contributed by atoms with van der Waals surface area (Å²) in [5.74, 6) is 4.37. The molecule has 2 atom stereocenters. The van der Waals surface area contributed by atoms with Gasteiger partial charge in [0.1, 0.15) is 23.0 Å². The van der Waals surface area contributed by atoms with Crippen molar-refractivity contribution in [2.24, 2.45) is 0 Å². The van der Waals surface area contributed by atoms with Crippen LogP contribution in [0.2, 0.25) is 0 Å². The van der Waals surface area contributed by atoms with Gasteiger partial charge in [-0.3, -0.25) is 9.97 Å². The first-order valence-corrected chi connectivity index (χ1v) is 13.8. The molecule has 0 saturated heterocycles. The lowest BCUT2D eigenvalue weighted by Gasteiger charge is -2.21. The van der Waals surface area contributed by atoms with Crippen molar-refractivity contribution in [3.8, 4) is 23.0 Å². The summed E-state index contributed by atoms with van der Waals surface area (Å²) in [7, 11) is 5.73. The van der Waals surface area contributed by atoms with Crippen molar-refractivity contribution >= 4 is 0 Å². The predicted molar refractivity (Wildman–Crippen MR) is 160 cm³/mol. The Labute approximate surface area is 233 Å². The molecular weight excluding hydrogens is 484 g/mol. The number of pyridine rings is 2. The highest BCUT2D eigenvalue weighted by atomic mass is 16.5. The topological polar surface area (TPSA) is 68.3 Å². The van der Waals surface area contributed by atoms with E-state index in [1.54, 1.807) is 0 Å². The molecule has 2 aromatic heterocycles. The van der Waals surface area contributed by atoms with E-state index in [9.17, 15) is 0 Å². The van der Waals surface area contributed by atoms with Crippen LogP contribution in [-0.2, 0) is 12.8 Å². The Bertz CT molecular complexity index is 1250. The number of rotatable bonds is 2. The molecule has 0 bridgehead atoms. The lowest BCUT2D eigenvalue weighted by Crippen LogP contribution is -2.22. The molecule has 0 fully saturated rings. The minimum atomic E-state index is 0.324. The molecule has 6 nitrogen and oxygen atoms in total. The van der Waals surface area contributed by atoms with E-state index in [0.717, 1.165) is 53.8 Å². The number of ether oxygens (including phenoxy) is 2. The molecule has 4 aromatic rings. The minimum absolute atomic E-state index is 0.324. The Morgan fingerprint density at radius 3 is 2.05 bits per heavy atom. The molecule has 0 saturated carbocycles. The van der Waals surface area contributed by atoms with Crippen LogP contribution in [-0.4, -0.2) is 37.7 Å². The van der Waals surface area contributed by atoms with Gasteiger partial charge < -0.3 is 20.1 Å². The van der Waals surface area contributed by atoms with E-state index in [-0.39, 0.29) is 0 Å². The van der Waals surface area contributed by atoms with Crippen molar-refractivity contribution in [1.82, 2.24) is 20.6 Å². The maximum atomic E-state index is 6.06. The lowest BCUT2D eigenvalue weighted by atomic mass is 9.85. The van der Waals surface area contributed by atoms with Crippen LogP contribution in [0.3, 0.4) is 0 Å². The number of aromatic nitrogens is 2. The van der Waals surface area contributed by atoms with Crippen molar-refractivity contribution < 1.29 is 9.47 Å². The maximum absolute atomic E-state index is 6.06. The molecule has 2 N–H and O–H groups in total. The summed E-state index contributed by atoms with van der Waals surface area (Å²) >= 11 is 0. The van der Waals surface area contributed by atoms with Gasteiger partial charge in [-0.15, -0.1) is 0 Å². The number of aryl methyl sites for hydroxylation is 2. The summed E-state index contributed by atoms with van der Waals surface area (Å²) in [4.78, 5) is 8.89. The van der Waals surface area contributed by atoms with Crippen LogP contribution in [0.5, 0.6) is 23.0 Å². The van der Waals surface area contributed by atoms with Crippen molar-refractivity contribution in [3.63, 3.8) is 0 Å². The molecule has 0 unspecified atom stereocenters. The monoisotopic (exact) mass is 526 g/mol. The third-order valence-corrected chi connectivity index (χ3v) is 6.48. The van der Waals surface area contributed by atoms with Crippen LogP contribution >= 0.6 is 0 Å². The third kappa shape index (κ3) is 7.65. The summed E-state index contributed by atoms with van der Waals surface area (Å²) in [6, 6.07) is 24.2. The summed E-state index contributed by atoms with van der Waals surface area (Å²) in [5.41, 5.74) is 4.60. The van der Waals surface area contributed by atoms with Gasteiger partial charge in [-0.2, -0.15) is 0 Å². The Morgan fingerprint density at radius 1 is 0.718 bits per heavy atom. The second-order valence-electron chi connectivity index (χ2n) is 9.14. The molecule has 2 aliphatic heterocycles. The molecule has 0 aliphatic carbocycles. The molecule has 0 spiro atoms. The highest BCUT2D eigenvalue weighted by molar-refractivity contribution is 5.47. The zero-order chi connectivity index (χ0) is 28.0. The van der Waals surface area contributed by atoms with E-state index < -0.39 is 0 Å². The van der Waals surface area contributed by atoms with Crippen LogP contribution in [0.4, 0.5) is 0 Å². The Kier molecular flexibility index (Phi) is 11.9. The van der Waals surface area contributed by atoms with E-state index in [4.69, 9.17) is 9.47 Å². The number of nitrogens with zero attached hydrogens (tertiary/aromatic N) is 2. The summed E-state index contributed by atoms with van der Waals surface area (Å²) in [6.07, 6.45) is 5.61. The fraction of sp³-hybridized carbons (Fsp3) is 0.333. The first-order chi connectivity index (χ1) is 19.2. The van der Waals surface area contributed by atoms with Gasteiger partial charge in [-0.05, 0) is 87.4 Å². The molecule has 6 heteroatoms. The van der Waals surface area contributed by atoms with Crippen LogP contribution in [0.15, 0.2) is 85.2 Å². The van der Waals surface area contributed by atoms with E-state index in [1.807, 2.05) is 102 Å². The predicted octanol–water partition coefficient (Wildman–Crippen LogP) is 7.13. The average Bonchev–Trinajstić information content (AvgIpc) is 3.24. The van der Waals surface area contributed by atoms with Crippen molar-refractivity contribution in [3.05, 3.63) is 108 Å². The van der Waals surface area contributed by atoms with Crippen LogP contribution in [0.1, 0.15) is 55.1 Å². The fourth-order valence-corrected chi connectivity index (χ4v) is 4.67. The Hall–Kier alpha value is -3.74. The van der Waals surface area contributed by atoms with Crippen molar-refractivity contribution in [2.75, 3.05) is 27.7 Å². The number of likely N-dealkylation sites (N-methyl/N-ethyl adjacent to an activating group) is 1. The number of hydrogen-bond acceptors (Lipinski definition) is 6. The van der Waals surface area contributed by atoms with Crippen molar-refractivity contribution in [2.45, 2.75) is 45.4 Å². The number of benzene rings is 2. The van der Waals surface area contributed by atoms with Gasteiger partial charge >= 0.3 is 0 Å². The Morgan fingerprint density at radius 2 is 1.31 bits per heavy atom. The van der Waals surface area contributed by atoms with Gasteiger partial charge in [0.2, 0.25) is 0 Å². The molecule has 39 heavy (non-hydrogen) atoms. The quantitative estimate of drug-likeness (QED) is 0.290. The second kappa shape index (κ2) is 15.6. The van der Waals surface area contributed by atoms with E-state index in [0.29, 0.717) is 11.8 Å². The molecule has 2 aromatic carbocycles. The molecular formula is C33H42N4O2. The standard InChI is InChI=1S/C16H18N2O.C13H11NO.C2H7N.C2H6/c1-11-12-6-3-4-7-14(12)19-15-8-5-9-18-16(15)13(11)10-17-2;1-2-5-12-10(4-1)7-8-11-13(15-12)6-3-9-14-11;1-3-2;1-2/h3-9,11,13,17H,10H2,1-2H3;1-6,9H,7-8H2;3H,1-2H3;1-2H3/t11-,13-;;;/m1.../s1. The smallest absolute Gasteiger partial charge is 0.149 e. The number of fused-ring (bicyclic) bond motifs is 4. The van der Waals surface area contributed by atoms with Gasteiger partial charge in [0, 0.05) is 24.9 Å². The molecule has 6 rings (SSSR count). The lowest BCUT2D eigenvalue weighted by molar-refractivity contribution is 0.473. The van der Waals surface area contributed by atoms with Gasteiger partial charge in [0.25, 0.3) is 0 Å². The highest BCUT2D eigenvalue weighted by Crippen LogP contribution is 2.44.